The van der Waals surface area contributed by atoms with Crippen molar-refractivity contribution in [2.24, 2.45) is 0 Å². The number of nitrogens with two attached hydrogens (primary N) is 1. The number of carbonyl (C=O) groups is 1. The van der Waals surface area contributed by atoms with Crippen molar-refractivity contribution in [3.63, 3.8) is 0 Å². The van der Waals surface area contributed by atoms with E-state index in [1.807, 2.05) is 19.9 Å². The molecule has 0 spiro atoms. The maximum absolute atomic E-state index is 13.3. The molecule has 0 atom stereocenters. The molecule has 1 aromatic heterocycles. The molecule has 2 rings (SSSR count). The van der Waals surface area contributed by atoms with Crippen LogP contribution in [0.5, 0.6) is 0 Å². The summed E-state index contributed by atoms with van der Waals surface area (Å²) in [4.78, 5) is 14.2. The Morgan fingerprint density at radius 1 is 1.42 bits per heavy atom. The lowest BCUT2D eigenvalue weighted by Crippen LogP contribution is -2.23. The van der Waals surface area contributed by atoms with Crippen LogP contribution in [-0.2, 0) is 6.54 Å². The average molecular weight is 278 g/mol. The lowest BCUT2D eigenvalue weighted by molar-refractivity contribution is 0.0952. The van der Waals surface area contributed by atoms with Crippen molar-refractivity contribution < 1.29 is 9.18 Å². The van der Waals surface area contributed by atoms with E-state index in [0.717, 1.165) is 4.88 Å². The molecule has 5 heteroatoms. The Hall–Kier alpha value is -1.88. The van der Waals surface area contributed by atoms with Crippen molar-refractivity contribution in [3.8, 4) is 0 Å². The number of nitrogen functional groups attached to an aromatic ring is 1. The summed E-state index contributed by atoms with van der Waals surface area (Å²) in [5.41, 5.74) is 6.81. The quantitative estimate of drug-likeness (QED) is 0.848. The predicted molar refractivity (Wildman–Crippen MR) is 75.8 cm³/mol. The summed E-state index contributed by atoms with van der Waals surface area (Å²) in [5, 5.41) is 2.75. The first kappa shape index (κ1) is 13.5. The SMILES string of the molecule is Cc1cc(CNC(=O)c2cccc(F)c2N)sc1C. The van der Waals surface area contributed by atoms with Crippen LogP contribution in [-0.4, -0.2) is 5.91 Å². The van der Waals surface area contributed by atoms with Gasteiger partial charge in [0.15, 0.2) is 0 Å². The van der Waals surface area contributed by atoms with Crippen LogP contribution in [0.4, 0.5) is 10.1 Å². The molecule has 0 radical (unpaired) electrons. The second-order valence-corrected chi connectivity index (χ2v) is 5.68. The van der Waals surface area contributed by atoms with E-state index < -0.39 is 5.82 Å². The molecule has 0 fully saturated rings. The van der Waals surface area contributed by atoms with Crippen LogP contribution in [0.15, 0.2) is 24.3 Å². The third-order valence-corrected chi connectivity index (χ3v) is 4.09. The largest absolute Gasteiger partial charge is 0.396 e. The van der Waals surface area contributed by atoms with Crippen molar-refractivity contribution in [3.05, 3.63) is 51.0 Å². The Bertz CT molecular complexity index is 602. The second kappa shape index (κ2) is 5.40. The number of thiophene rings is 1. The highest BCUT2D eigenvalue weighted by molar-refractivity contribution is 7.12. The highest BCUT2D eigenvalue weighted by Gasteiger charge is 2.12. The van der Waals surface area contributed by atoms with E-state index in [9.17, 15) is 9.18 Å². The predicted octanol–water partition coefficient (Wildman–Crippen LogP) is 3.02. The molecule has 0 unspecified atom stereocenters. The van der Waals surface area contributed by atoms with Gasteiger partial charge in [-0.05, 0) is 37.6 Å². The highest BCUT2D eigenvalue weighted by atomic mass is 32.1. The van der Waals surface area contributed by atoms with Gasteiger partial charge < -0.3 is 11.1 Å². The molecule has 1 heterocycles. The zero-order chi connectivity index (χ0) is 14.0. The second-order valence-electron chi connectivity index (χ2n) is 4.34. The fraction of sp³-hybridized carbons (Fsp3) is 0.214. The van der Waals surface area contributed by atoms with Gasteiger partial charge in [-0.1, -0.05) is 6.07 Å². The van der Waals surface area contributed by atoms with Gasteiger partial charge in [0, 0.05) is 9.75 Å². The van der Waals surface area contributed by atoms with Gasteiger partial charge in [-0.3, -0.25) is 4.79 Å². The van der Waals surface area contributed by atoms with E-state index in [-0.39, 0.29) is 17.2 Å². The number of hydrogen-bond acceptors (Lipinski definition) is 3. The standard InChI is InChI=1S/C14H15FN2OS/c1-8-6-10(19-9(8)2)7-17-14(18)11-4-3-5-12(15)13(11)16/h3-6H,7,16H2,1-2H3,(H,17,18). The minimum absolute atomic E-state index is 0.112. The Labute approximate surface area is 115 Å². The Morgan fingerprint density at radius 3 is 2.79 bits per heavy atom. The maximum atomic E-state index is 13.3. The molecule has 3 N–H and O–H groups in total. The summed E-state index contributed by atoms with van der Waals surface area (Å²) in [7, 11) is 0. The third-order valence-electron chi connectivity index (χ3n) is 2.94. The van der Waals surface area contributed by atoms with E-state index >= 15 is 0 Å². The van der Waals surface area contributed by atoms with Gasteiger partial charge in [0.2, 0.25) is 0 Å². The molecular weight excluding hydrogens is 263 g/mol. The minimum Gasteiger partial charge on any atom is -0.396 e. The summed E-state index contributed by atoms with van der Waals surface area (Å²) in [6.07, 6.45) is 0. The molecule has 0 saturated carbocycles. The first-order chi connectivity index (χ1) is 8.99. The number of rotatable bonds is 3. The molecule has 1 aromatic carbocycles. The van der Waals surface area contributed by atoms with Gasteiger partial charge in [-0.15, -0.1) is 11.3 Å². The number of hydrogen-bond donors (Lipinski definition) is 2. The number of halogens is 1. The molecule has 0 bridgehead atoms. The van der Waals surface area contributed by atoms with Gasteiger partial charge in [-0.25, -0.2) is 4.39 Å². The van der Waals surface area contributed by atoms with Gasteiger partial charge in [-0.2, -0.15) is 0 Å². The third kappa shape index (κ3) is 2.93. The van der Waals surface area contributed by atoms with Crippen molar-refractivity contribution >= 4 is 22.9 Å². The molecular formula is C14H15FN2OS. The van der Waals surface area contributed by atoms with Crippen LogP contribution in [0.3, 0.4) is 0 Å². The number of anilines is 1. The summed E-state index contributed by atoms with van der Waals surface area (Å²) in [6.45, 7) is 4.49. The number of amides is 1. The van der Waals surface area contributed by atoms with E-state index in [4.69, 9.17) is 5.73 Å². The summed E-state index contributed by atoms with van der Waals surface area (Å²) < 4.78 is 13.3. The average Bonchev–Trinajstić information content (AvgIpc) is 2.69. The number of benzene rings is 1. The van der Waals surface area contributed by atoms with Crippen LogP contribution >= 0.6 is 11.3 Å². The molecule has 0 aliphatic heterocycles. The molecule has 1 amide bonds. The van der Waals surface area contributed by atoms with Crippen molar-refractivity contribution in [2.75, 3.05) is 5.73 Å². The van der Waals surface area contributed by atoms with Gasteiger partial charge >= 0.3 is 0 Å². The lowest BCUT2D eigenvalue weighted by Gasteiger charge is -2.07. The van der Waals surface area contributed by atoms with Gasteiger partial charge in [0.1, 0.15) is 5.82 Å². The van der Waals surface area contributed by atoms with Crippen LogP contribution < -0.4 is 11.1 Å². The molecule has 2 aromatic rings. The summed E-state index contributed by atoms with van der Waals surface area (Å²) >= 11 is 1.64. The topological polar surface area (TPSA) is 55.1 Å². The first-order valence-corrected chi connectivity index (χ1v) is 6.69. The maximum Gasteiger partial charge on any atom is 0.253 e. The normalized spacial score (nSPS) is 10.5. The number of para-hydroxylation sites is 1. The van der Waals surface area contributed by atoms with Gasteiger partial charge in [0.25, 0.3) is 5.91 Å². The smallest absolute Gasteiger partial charge is 0.253 e. The van der Waals surface area contributed by atoms with Crippen molar-refractivity contribution in [2.45, 2.75) is 20.4 Å². The Balaban J connectivity index is 2.07. The van der Waals surface area contributed by atoms with Gasteiger partial charge in [0.05, 0.1) is 17.8 Å². The lowest BCUT2D eigenvalue weighted by atomic mass is 10.1. The van der Waals surface area contributed by atoms with Crippen molar-refractivity contribution in [1.82, 2.24) is 5.32 Å². The van der Waals surface area contributed by atoms with Crippen LogP contribution in [0.1, 0.15) is 25.7 Å². The molecule has 0 saturated heterocycles. The number of nitrogens with one attached hydrogen (secondary N) is 1. The van der Waals surface area contributed by atoms with Crippen molar-refractivity contribution in [1.29, 1.82) is 0 Å². The minimum atomic E-state index is -0.574. The van der Waals surface area contributed by atoms with E-state index in [2.05, 4.69) is 5.32 Å². The summed E-state index contributed by atoms with van der Waals surface area (Å²) in [5.74, 6) is -0.934. The first-order valence-electron chi connectivity index (χ1n) is 5.87. The molecule has 3 nitrogen and oxygen atoms in total. The van der Waals surface area contributed by atoms with Crippen LogP contribution in [0.2, 0.25) is 0 Å². The summed E-state index contributed by atoms with van der Waals surface area (Å²) in [6, 6.07) is 6.26. The highest BCUT2D eigenvalue weighted by Crippen LogP contribution is 2.21. The Kier molecular flexibility index (Phi) is 3.85. The van der Waals surface area contributed by atoms with Crippen LogP contribution in [0, 0.1) is 19.7 Å². The van der Waals surface area contributed by atoms with Crippen LogP contribution in [0.25, 0.3) is 0 Å². The van der Waals surface area contributed by atoms with E-state index in [1.165, 1.54) is 28.6 Å². The fourth-order valence-electron chi connectivity index (χ4n) is 1.73. The Morgan fingerprint density at radius 2 is 2.16 bits per heavy atom. The molecule has 0 aliphatic rings. The zero-order valence-electron chi connectivity index (χ0n) is 10.8. The molecule has 19 heavy (non-hydrogen) atoms. The van der Waals surface area contributed by atoms with E-state index in [1.54, 1.807) is 11.3 Å². The number of aryl methyl sites for hydroxylation is 2. The molecule has 0 aliphatic carbocycles. The fourth-order valence-corrected chi connectivity index (χ4v) is 2.73. The monoisotopic (exact) mass is 278 g/mol. The molecule has 100 valence electrons. The van der Waals surface area contributed by atoms with E-state index in [0.29, 0.717) is 6.54 Å². The zero-order valence-corrected chi connectivity index (χ0v) is 11.6. The number of carbonyl (C=O) groups excluding carboxylic acids is 1.